The number of pyridine rings is 2. The fourth-order valence-electron chi connectivity index (χ4n) is 2.69. The van der Waals surface area contributed by atoms with Crippen LogP contribution in [-0.2, 0) is 6.54 Å². The van der Waals surface area contributed by atoms with Gasteiger partial charge in [-0.05, 0) is 24.6 Å². The molecule has 0 fully saturated rings. The minimum absolute atomic E-state index is 0.0401. The van der Waals surface area contributed by atoms with E-state index in [0.29, 0.717) is 5.56 Å². The summed E-state index contributed by atoms with van der Waals surface area (Å²) in [6.07, 6.45) is 3.08. The largest absolute Gasteiger partial charge is 0.493 e. The van der Waals surface area contributed by atoms with Crippen molar-refractivity contribution >= 4 is 17.1 Å². The van der Waals surface area contributed by atoms with Crippen molar-refractivity contribution in [2.75, 3.05) is 0 Å². The summed E-state index contributed by atoms with van der Waals surface area (Å²) >= 11 is 0. The van der Waals surface area contributed by atoms with Gasteiger partial charge in [0.25, 0.3) is 11.2 Å². The number of nitro benzene ring substituents is 1. The van der Waals surface area contributed by atoms with Crippen LogP contribution >= 0.6 is 0 Å². The van der Waals surface area contributed by atoms with Crippen molar-refractivity contribution < 1.29 is 10.0 Å². The molecule has 2 aromatic heterocycles. The first-order valence-electron chi connectivity index (χ1n) is 8.34. The van der Waals surface area contributed by atoms with Crippen LogP contribution < -0.4 is 5.56 Å². The van der Waals surface area contributed by atoms with Crippen molar-refractivity contribution in [1.29, 1.82) is 5.26 Å². The van der Waals surface area contributed by atoms with Crippen LogP contribution in [0.2, 0.25) is 0 Å². The predicted molar refractivity (Wildman–Crippen MR) is 102 cm³/mol. The number of aromatic nitrogens is 2. The molecule has 0 radical (unpaired) electrons. The molecule has 0 amide bonds. The highest BCUT2D eigenvalue weighted by atomic mass is 16.6. The van der Waals surface area contributed by atoms with Crippen molar-refractivity contribution in [3.63, 3.8) is 0 Å². The first kappa shape index (κ1) is 19.4. The maximum Gasteiger partial charge on any atom is 0.296 e. The standard InChI is InChI=1S/C19H14N6O4/c1-12-14(9-20)18(26)24(11-13-5-4-8-21-10-13)19(27)17(12)23-22-15-6-2-3-7-16(15)25(28)29/h2-8,10,26H,11H2,1H3. The average Bonchev–Trinajstić information content (AvgIpc) is 2.72. The van der Waals surface area contributed by atoms with Crippen LogP contribution in [0.4, 0.5) is 17.1 Å². The number of benzene rings is 1. The molecule has 144 valence electrons. The van der Waals surface area contributed by atoms with Gasteiger partial charge in [0.1, 0.15) is 11.6 Å². The first-order valence-corrected chi connectivity index (χ1v) is 8.34. The highest BCUT2D eigenvalue weighted by Crippen LogP contribution is 2.30. The summed E-state index contributed by atoms with van der Waals surface area (Å²) < 4.78 is 0.982. The number of nitrogens with zero attached hydrogens (tertiary/aromatic N) is 6. The van der Waals surface area contributed by atoms with Gasteiger partial charge in [-0.15, -0.1) is 10.2 Å². The van der Waals surface area contributed by atoms with Gasteiger partial charge in [-0.25, -0.2) is 0 Å². The molecule has 1 aromatic carbocycles. The molecule has 0 spiro atoms. The lowest BCUT2D eigenvalue weighted by molar-refractivity contribution is -0.384. The predicted octanol–water partition coefficient (Wildman–Crippen LogP) is 3.50. The first-order chi connectivity index (χ1) is 13.9. The normalized spacial score (nSPS) is 10.8. The maximum absolute atomic E-state index is 12.9. The SMILES string of the molecule is Cc1c(C#N)c(O)n(Cc2cccnc2)c(=O)c1N=Nc1ccccc1[N+](=O)[O-]. The zero-order valence-electron chi connectivity index (χ0n) is 15.2. The van der Waals surface area contributed by atoms with Crippen molar-refractivity contribution in [2.24, 2.45) is 10.2 Å². The molecular weight excluding hydrogens is 376 g/mol. The summed E-state index contributed by atoms with van der Waals surface area (Å²) in [5.41, 5.74) is -0.582. The number of hydrogen-bond donors (Lipinski definition) is 1. The Hall–Kier alpha value is -4.39. The Labute approximate surface area is 164 Å². The molecule has 0 aliphatic heterocycles. The molecule has 0 bridgehead atoms. The third kappa shape index (κ3) is 3.84. The van der Waals surface area contributed by atoms with E-state index in [1.54, 1.807) is 24.4 Å². The van der Waals surface area contributed by atoms with E-state index in [0.717, 1.165) is 4.57 Å². The quantitative estimate of drug-likeness (QED) is 0.400. The van der Waals surface area contributed by atoms with E-state index in [4.69, 9.17) is 0 Å². The second kappa shape index (κ2) is 8.10. The van der Waals surface area contributed by atoms with Crippen LogP contribution in [0, 0.1) is 28.4 Å². The zero-order valence-corrected chi connectivity index (χ0v) is 15.2. The summed E-state index contributed by atoms with van der Waals surface area (Å²) in [7, 11) is 0. The molecule has 0 aliphatic rings. The van der Waals surface area contributed by atoms with Gasteiger partial charge >= 0.3 is 0 Å². The van der Waals surface area contributed by atoms with Gasteiger partial charge in [-0.1, -0.05) is 18.2 Å². The van der Waals surface area contributed by atoms with Gasteiger partial charge in [-0.2, -0.15) is 5.26 Å². The van der Waals surface area contributed by atoms with Gasteiger partial charge in [0.2, 0.25) is 5.88 Å². The second-order valence-electron chi connectivity index (χ2n) is 5.98. The van der Waals surface area contributed by atoms with E-state index in [9.17, 15) is 25.3 Å². The molecule has 0 saturated carbocycles. The molecule has 0 unspecified atom stereocenters. The summed E-state index contributed by atoms with van der Waals surface area (Å²) in [5, 5.41) is 38.6. The van der Waals surface area contributed by atoms with E-state index in [2.05, 4.69) is 15.2 Å². The number of para-hydroxylation sites is 1. The third-order valence-electron chi connectivity index (χ3n) is 4.17. The number of rotatable bonds is 5. The van der Waals surface area contributed by atoms with Gasteiger partial charge in [-0.3, -0.25) is 24.5 Å². The number of aromatic hydroxyl groups is 1. The van der Waals surface area contributed by atoms with Crippen molar-refractivity contribution in [3.8, 4) is 11.9 Å². The van der Waals surface area contributed by atoms with Crippen LogP contribution in [0.1, 0.15) is 16.7 Å². The van der Waals surface area contributed by atoms with Crippen molar-refractivity contribution in [1.82, 2.24) is 9.55 Å². The Morgan fingerprint density at radius 2 is 2.03 bits per heavy atom. The van der Waals surface area contributed by atoms with Crippen LogP contribution in [-0.4, -0.2) is 19.6 Å². The number of nitro groups is 1. The Morgan fingerprint density at radius 1 is 1.28 bits per heavy atom. The molecule has 2 heterocycles. The summed E-state index contributed by atoms with van der Waals surface area (Å²) in [6, 6.07) is 10.9. The maximum atomic E-state index is 12.9. The number of azo groups is 1. The molecule has 10 nitrogen and oxygen atoms in total. The molecule has 1 N–H and O–H groups in total. The summed E-state index contributed by atoms with van der Waals surface area (Å²) in [4.78, 5) is 27.4. The zero-order chi connectivity index (χ0) is 21.0. The smallest absolute Gasteiger partial charge is 0.296 e. The van der Waals surface area contributed by atoms with Gasteiger partial charge in [0, 0.05) is 24.0 Å². The molecule has 3 rings (SSSR count). The van der Waals surface area contributed by atoms with E-state index < -0.39 is 16.4 Å². The van der Waals surface area contributed by atoms with E-state index in [1.165, 1.54) is 31.3 Å². The van der Waals surface area contributed by atoms with Crippen molar-refractivity contribution in [3.05, 3.63) is 86.0 Å². The monoisotopic (exact) mass is 390 g/mol. The molecule has 29 heavy (non-hydrogen) atoms. The highest BCUT2D eigenvalue weighted by molar-refractivity contribution is 5.59. The summed E-state index contributed by atoms with van der Waals surface area (Å²) in [5.74, 6) is -0.497. The Morgan fingerprint density at radius 3 is 2.69 bits per heavy atom. The Kier molecular flexibility index (Phi) is 5.41. The Balaban J connectivity index is 2.15. The van der Waals surface area contributed by atoms with Gasteiger partial charge in [0.15, 0.2) is 11.4 Å². The van der Waals surface area contributed by atoms with Crippen molar-refractivity contribution in [2.45, 2.75) is 13.5 Å². The average molecular weight is 390 g/mol. The fourth-order valence-corrected chi connectivity index (χ4v) is 2.69. The second-order valence-corrected chi connectivity index (χ2v) is 5.98. The van der Waals surface area contributed by atoms with Crippen LogP contribution in [0.5, 0.6) is 5.88 Å². The lowest BCUT2D eigenvalue weighted by Crippen LogP contribution is -2.22. The molecule has 10 heteroatoms. The fraction of sp³-hybridized carbons (Fsp3) is 0.105. The Bertz CT molecular complexity index is 1210. The van der Waals surface area contributed by atoms with E-state index in [-0.39, 0.29) is 34.7 Å². The van der Waals surface area contributed by atoms with Crippen LogP contribution in [0.25, 0.3) is 0 Å². The highest BCUT2D eigenvalue weighted by Gasteiger charge is 2.20. The number of nitriles is 1. The van der Waals surface area contributed by atoms with Crippen LogP contribution in [0.3, 0.4) is 0 Å². The van der Waals surface area contributed by atoms with E-state index in [1.807, 2.05) is 6.07 Å². The van der Waals surface area contributed by atoms with Gasteiger partial charge in [0.05, 0.1) is 11.5 Å². The topological polar surface area (TPSA) is 147 Å². The summed E-state index contributed by atoms with van der Waals surface area (Å²) in [6.45, 7) is 1.41. The lowest BCUT2D eigenvalue weighted by Gasteiger charge is -2.12. The molecular formula is C19H14N6O4. The minimum Gasteiger partial charge on any atom is -0.493 e. The van der Waals surface area contributed by atoms with E-state index >= 15 is 0 Å². The molecule has 3 aromatic rings. The molecule has 0 saturated heterocycles. The number of hydrogen-bond acceptors (Lipinski definition) is 8. The van der Waals surface area contributed by atoms with Crippen LogP contribution in [0.15, 0.2) is 63.8 Å². The third-order valence-corrected chi connectivity index (χ3v) is 4.17. The van der Waals surface area contributed by atoms with Gasteiger partial charge < -0.3 is 5.11 Å². The minimum atomic E-state index is -0.690. The molecule has 0 atom stereocenters. The lowest BCUT2D eigenvalue weighted by atomic mass is 10.1. The molecule has 0 aliphatic carbocycles.